The van der Waals surface area contributed by atoms with Gasteiger partial charge in [-0.15, -0.1) is 0 Å². The minimum Gasteiger partial charge on any atom is -0.496 e. The summed E-state index contributed by atoms with van der Waals surface area (Å²) in [6.45, 7) is 2.18. The summed E-state index contributed by atoms with van der Waals surface area (Å²) in [4.78, 5) is 16.4. The molecule has 0 N–H and O–H groups in total. The zero-order chi connectivity index (χ0) is 21.6. The number of nitrogens with zero attached hydrogens (tertiary/aromatic N) is 1. The van der Waals surface area contributed by atoms with Crippen LogP contribution in [-0.2, 0) is 16.6 Å². The number of ether oxygens (including phenoxy) is 1. The van der Waals surface area contributed by atoms with E-state index in [2.05, 4.69) is 50.2 Å². The molecule has 0 aliphatic heterocycles. The van der Waals surface area contributed by atoms with Gasteiger partial charge in [-0.2, -0.15) is 0 Å². The highest BCUT2D eigenvalue weighted by atomic mass is 16.5. The van der Waals surface area contributed by atoms with Crippen LogP contribution >= 0.6 is 0 Å². The molecule has 0 aromatic heterocycles. The summed E-state index contributed by atoms with van der Waals surface area (Å²) in [6, 6.07) is 28.4. The summed E-state index contributed by atoms with van der Waals surface area (Å²) in [7, 11) is 5.78. The van der Waals surface area contributed by atoms with Crippen molar-refractivity contribution in [1.82, 2.24) is 4.90 Å². The lowest BCUT2D eigenvalue weighted by molar-refractivity contribution is -0.123. The standard InChI is InChI=1S/C27H31NO2/c1-21(28(2)3)20-27(23-14-7-5-8-15-23,24-16-9-6-10-17-24)26(29)19-22-13-11-12-18-25(22)30-4/h5-18,21H,19-20H2,1-4H3/t21-/m0/s1. The smallest absolute Gasteiger partial charge is 0.152 e. The second-order valence-corrected chi connectivity index (χ2v) is 8.07. The van der Waals surface area contributed by atoms with E-state index < -0.39 is 5.41 Å². The van der Waals surface area contributed by atoms with Gasteiger partial charge in [0.2, 0.25) is 0 Å². The molecule has 0 radical (unpaired) electrons. The molecule has 3 aromatic carbocycles. The Hall–Kier alpha value is -2.91. The number of Topliss-reactive ketones (excluding diaryl/α,β-unsaturated/α-hetero) is 1. The molecular weight excluding hydrogens is 370 g/mol. The van der Waals surface area contributed by atoms with E-state index in [9.17, 15) is 4.79 Å². The van der Waals surface area contributed by atoms with Crippen molar-refractivity contribution < 1.29 is 9.53 Å². The number of methoxy groups -OCH3 is 1. The molecule has 3 aromatic rings. The van der Waals surface area contributed by atoms with E-state index in [4.69, 9.17) is 4.74 Å². The molecule has 1 atom stereocenters. The Morgan fingerprint density at radius 1 is 0.867 bits per heavy atom. The number of carbonyl (C=O) groups is 1. The molecule has 0 saturated carbocycles. The molecule has 0 aliphatic carbocycles. The predicted octanol–water partition coefficient (Wildman–Crippen LogP) is 5.13. The molecule has 3 heteroatoms. The molecule has 0 heterocycles. The second-order valence-electron chi connectivity index (χ2n) is 8.07. The van der Waals surface area contributed by atoms with E-state index in [1.54, 1.807) is 7.11 Å². The van der Waals surface area contributed by atoms with Crippen molar-refractivity contribution in [2.24, 2.45) is 0 Å². The number of hydrogen-bond donors (Lipinski definition) is 0. The maximum atomic E-state index is 14.2. The highest BCUT2D eigenvalue weighted by Crippen LogP contribution is 2.40. The predicted molar refractivity (Wildman–Crippen MR) is 123 cm³/mol. The van der Waals surface area contributed by atoms with Gasteiger partial charge in [0.15, 0.2) is 5.78 Å². The molecule has 0 amide bonds. The van der Waals surface area contributed by atoms with Crippen molar-refractivity contribution >= 4 is 5.78 Å². The Morgan fingerprint density at radius 2 is 1.37 bits per heavy atom. The summed E-state index contributed by atoms with van der Waals surface area (Å²) in [6.07, 6.45) is 1.01. The van der Waals surface area contributed by atoms with Crippen molar-refractivity contribution in [2.75, 3.05) is 21.2 Å². The molecule has 156 valence electrons. The summed E-state index contributed by atoms with van der Waals surface area (Å²) in [5, 5.41) is 0. The first-order chi connectivity index (χ1) is 14.5. The van der Waals surface area contributed by atoms with Gasteiger partial charge in [-0.25, -0.2) is 0 Å². The van der Waals surface area contributed by atoms with Crippen LogP contribution in [0, 0.1) is 0 Å². The largest absolute Gasteiger partial charge is 0.496 e. The maximum Gasteiger partial charge on any atom is 0.152 e. The van der Waals surface area contributed by atoms with Crippen LogP contribution in [0.2, 0.25) is 0 Å². The molecule has 0 bridgehead atoms. The summed E-state index contributed by atoms with van der Waals surface area (Å²) in [5.41, 5.74) is 2.24. The summed E-state index contributed by atoms with van der Waals surface area (Å²) >= 11 is 0. The molecular formula is C27H31NO2. The molecule has 0 spiro atoms. The SMILES string of the molecule is COc1ccccc1CC(=O)C(C[C@H](C)N(C)C)(c1ccccc1)c1ccccc1. The van der Waals surface area contributed by atoms with Crippen LogP contribution in [0.1, 0.15) is 30.0 Å². The number of rotatable bonds is 9. The van der Waals surface area contributed by atoms with E-state index in [1.807, 2.05) is 60.7 Å². The van der Waals surface area contributed by atoms with Crippen molar-refractivity contribution in [3.63, 3.8) is 0 Å². The van der Waals surface area contributed by atoms with Gasteiger partial charge >= 0.3 is 0 Å². The van der Waals surface area contributed by atoms with Crippen LogP contribution in [0.4, 0.5) is 0 Å². The number of hydrogen-bond acceptors (Lipinski definition) is 3. The van der Waals surface area contributed by atoms with Gasteiger partial charge in [0.05, 0.1) is 12.5 Å². The number of ketones is 1. The minimum atomic E-state index is -0.743. The lowest BCUT2D eigenvalue weighted by Crippen LogP contribution is -2.44. The summed E-state index contributed by atoms with van der Waals surface area (Å²) in [5.74, 6) is 0.930. The third-order valence-corrected chi connectivity index (χ3v) is 6.04. The van der Waals surface area contributed by atoms with E-state index in [0.717, 1.165) is 22.4 Å². The highest BCUT2D eigenvalue weighted by Gasteiger charge is 2.42. The van der Waals surface area contributed by atoms with Crippen LogP contribution in [0.5, 0.6) is 5.75 Å². The van der Waals surface area contributed by atoms with Gasteiger partial charge in [-0.1, -0.05) is 78.9 Å². The van der Waals surface area contributed by atoms with Gasteiger partial charge in [-0.05, 0) is 44.6 Å². The van der Waals surface area contributed by atoms with Crippen molar-refractivity contribution in [2.45, 2.75) is 31.2 Å². The van der Waals surface area contributed by atoms with Gasteiger partial charge in [0, 0.05) is 18.0 Å². The molecule has 0 unspecified atom stereocenters. The van der Waals surface area contributed by atoms with Gasteiger partial charge in [0.1, 0.15) is 5.75 Å². The normalized spacial score (nSPS) is 12.6. The van der Waals surface area contributed by atoms with E-state index in [-0.39, 0.29) is 11.8 Å². The lowest BCUT2D eigenvalue weighted by Gasteiger charge is -2.38. The third-order valence-electron chi connectivity index (χ3n) is 6.04. The van der Waals surface area contributed by atoms with Crippen LogP contribution < -0.4 is 4.74 Å². The van der Waals surface area contributed by atoms with E-state index in [0.29, 0.717) is 12.8 Å². The monoisotopic (exact) mass is 401 g/mol. The zero-order valence-corrected chi connectivity index (χ0v) is 18.3. The average Bonchev–Trinajstić information content (AvgIpc) is 2.78. The first-order valence-corrected chi connectivity index (χ1v) is 10.4. The first-order valence-electron chi connectivity index (χ1n) is 10.4. The quantitative estimate of drug-likeness (QED) is 0.498. The fourth-order valence-corrected chi connectivity index (χ4v) is 4.08. The molecule has 0 aliphatic rings. The Balaban J connectivity index is 2.17. The van der Waals surface area contributed by atoms with E-state index in [1.165, 1.54) is 0 Å². The van der Waals surface area contributed by atoms with Crippen LogP contribution in [-0.4, -0.2) is 37.9 Å². The van der Waals surface area contributed by atoms with Crippen LogP contribution in [0.15, 0.2) is 84.9 Å². The van der Waals surface area contributed by atoms with Crippen molar-refractivity contribution in [3.8, 4) is 5.75 Å². The zero-order valence-electron chi connectivity index (χ0n) is 18.3. The first kappa shape index (κ1) is 21.8. The molecule has 30 heavy (non-hydrogen) atoms. The van der Waals surface area contributed by atoms with Crippen molar-refractivity contribution in [1.29, 1.82) is 0 Å². The number of carbonyl (C=O) groups excluding carboxylic acids is 1. The Morgan fingerprint density at radius 3 is 1.87 bits per heavy atom. The molecule has 0 saturated heterocycles. The fourth-order valence-electron chi connectivity index (χ4n) is 4.08. The van der Waals surface area contributed by atoms with Gasteiger partial charge in [0.25, 0.3) is 0 Å². The second kappa shape index (κ2) is 9.73. The highest BCUT2D eigenvalue weighted by molar-refractivity contribution is 5.95. The lowest BCUT2D eigenvalue weighted by atomic mass is 9.66. The fraction of sp³-hybridized carbons (Fsp3) is 0.296. The Kier molecular flexibility index (Phi) is 7.07. The minimum absolute atomic E-state index is 0.179. The van der Waals surface area contributed by atoms with Crippen LogP contribution in [0.25, 0.3) is 0 Å². The Labute approximate surface area is 180 Å². The molecule has 3 nitrogen and oxygen atoms in total. The molecule has 3 rings (SSSR count). The molecule has 0 fully saturated rings. The van der Waals surface area contributed by atoms with Crippen molar-refractivity contribution in [3.05, 3.63) is 102 Å². The van der Waals surface area contributed by atoms with Gasteiger partial charge in [-0.3, -0.25) is 4.79 Å². The number of para-hydroxylation sites is 1. The van der Waals surface area contributed by atoms with Gasteiger partial charge < -0.3 is 9.64 Å². The third kappa shape index (κ3) is 4.47. The van der Waals surface area contributed by atoms with Crippen LogP contribution in [0.3, 0.4) is 0 Å². The maximum absolute atomic E-state index is 14.2. The Bertz CT molecular complexity index is 911. The summed E-state index contributed by atoms with van der Waals surface area (Å²) < 4.78 is 5.53. The van der Waals surface area contributed by atoms with E-state index >= 15 is 0 Å². The topological polar surface area (TPSA) is 29.5 Å². The average molecular weight is 402 g/mol. The number of benzene rings is 3.